The Balaban J connectivity index is 0.00000113. The third-order valence-corrected chi connectivity index (χ3v) is 4.79. The summed E-state index contributed by atoms with van der Waals surface area (Å²) in [6.07, 6.45) is 9.61. The zero-order valence-electron chi connectivity index (χ0n) is 18.1. The van der Waals surface area contributed by atoms with Crippen LogP contribution in [0.1, 0.15) is 30.0 Å². The largest absolute Gasteiger partial charge is 0.505 e. The Hall–Kier alpha value is -3.03. The molecular weight excluding hydrogens is 482 g/mol. The second-order valence-electron chi connectivity index (χ2n) is 5.95. The molecular formula is C21H26BrN5O3S. The number of halogens is 1. The van der Waals surface area contributed by atoms with Crippen LogP contribution in [0.25, 0.3) is 0 Å². The summed E-state index contributed by atoms with van der Waals surface area (Å²) in [7, 11) is 5.03. The van der Waals surface area contributed by atoms with E-state index < -0.39 is 0 Å². The summed E-state index contributed by atoms with van der Waals surface area (Å²) in [5.74, 6) is 1.45. The van der Waals surface area contributed by atoms with Gasteiger partial charge in [0, 0.05) is 21.1 Å². The number of hydrogen-bond donors (Lipinski definition) is 2. The molecule has 2 heterocycles. The van der Waals surface area contributed by atoms with Gasteiger partial charge in [0.15, 0.2) is 17.4 Å². The van der Waals surface area contributed by atoms with Crippen molar-refractivity contribution in [2.24, 2.45) is 0 Å². The summed E-state index contributed by atoms with van der Waals surface area (Å²) in [6, 6.07) is 6.88. The number of nitrogens with one attached hydrogen (secondary N) is 1. The van der Waals surface area contributed by atoms with Crippen LogP contribution in [0.15, 0.2) is 39.4 Å². The molecule has 0 atom stereocenters. The highest BCUT2D eigenvalue weighted by molar-refractivity contribution is 9.10. The predicted octanol–water partition coefficient (Wildman–Crippen LogP) is 4.96. The molecule has 1 amide bonds. The standard InChI is InChI=1S/C17H18BrN5O3S.C2H6.C2H2/c1-22(2)17(25)12-5-4-6-13(14(12)24)23(3)16-15(20-27-21-16)19-8-11-7-10(18)9-26-11;2*1-2/h4-7,9,24H,8H2,1-3H3,(H,19,20);1-2H3;1-2H. The van der Waals surface area contributed by atoms with E-state index in [9.17, 15) is 9.90 Å². The monoisotopic (exact) mass is 507 g/mol. The van der Waals surface area contributed by atoms with E-state index in [0.29, 0.717) is 23.9 Å². The number of para-hydroxylation sites is 1. The fraction of sp³-hybridized carbons (Fsp3) is 0.286. The number of hydrogen-bond acceptors (Lipinski definition) is 8. The van der Waals surface area contributed by atoms with Crippen molar-refractivity contribution in [1.29, 1.82) is 0 Å². The van der Waals surface area contributed by atoms with E-state index in [2.05, 4.69) is 42.8 Å². The predicted molar refractivity (Wildman–Crippen MR) is 129 cm³/mol. The SMILES string of the molecule is C#C.CC.CN(C)C(=O)c1cccc(N(C)c2nsnc2NCc2cc(Br)co2)c1O. The lowest BCUT2D eigenvalue weighted by atomic mass is 10.1. The molecule has 0 aliphatic carbocycles. The van der Waals surface area contributed by atoms with Crippen LogP contribution in [-0.4, -0.2) is 45.8 Å². The molecule has 3 aromatic rings. The molecule has 0 unspecified atom stereocenters. The Bertz CT molecular complexity index is 1000. The number of terminal acetylenes is 1. The van der Waals surface area contributed by atoms with Gasteiger partial charge in [-0.05, 0) is 34.1 Å². The summed E-state index contributed by atoms with van der Waals surface area (Å²) in [4.78, 5) is 15.4. The van der Waals surface area contributed by atoms with Gasteiger partial charge in [-0.1, -0.05) is 19.9 Å². The molecule has 3 rings (SSSR count). The third kappa shape index (κ3) is 6.47. The minimum Gasteiger partial charge on any atom is -0.505 e. The van der Waals surface area contributed by atoms with Gasteiger partial charge in [0.05, 0.1) is 34.0 Å². The lowest BCUT2D eigenvalue weighted by Crippen LogP contribution is -2.22. The van der Waals surface area contributed by atoms with Crippen LogP contribution in [-0.2, 0) is 6.54 Å². The first kappa shape index (κ1) is 26.0. The number of phenols is 1. The van der Waals surface area contributed by atoms with Crippen molar-refractivity contribution in [3.05, 3.63) is 46.3 Å². The van der Waals surface area contributed by atoms with Gasteiger partial charge in [0.2, 0.25) is 0 Å². The maximum Gasteiger partial charge on any atom is 0.257 e. The van der Waals surface area contributed by atoms with Gasteiger partial charge in [-0.25, -0.2) is 0 Å². The molecule has 0 aliphatic rings. The second-order valence-corrected chi connectivity index (χ2v) is 7.40. The number of phenolic OH excluding ortho intramolecular Hbond substituents is 1. The van der Waals surface area contributed by atoms with E-state index in [1.165, 1.54) is 4.90 Å². The van der Waals surface area contributed by atoms with Crippen molar-refractivity contribution in [3.63, 3.8) is 0 Å². The lowest BCUT2D eigenvalue weighted by Gasteiger charge is -2.21. The van der Waals surface area contributed by atoms with E-state index in [4.69, 9.17) is 4.42 Å². The summed E-state index contributed by atoms with van der Waals surface area (Å²) >= 11 is 4.39. The molecule has 10 heteroatoms. The fourth-order valence-electron chi connectivity index (χ4n) is 2.46. The molecule has 0 aliphatic heterocycles. The van der Waals surface area contributed by atoms with E-state index in [-0.39, 0.29) is 17.2 Å². The first-order valence-corrected chi connectivity index (χ1v) is 10.8. The molecule has 0 fully saturated rings. The average molecular weight is 508 g/mol. The van der Waals surface area contributed by atoms with Crippen molar-refractivity contribution in [2.45, 2.75) is 20.4 Å². The van der Waals surface area contributed by atoms with Crippen molar-refractivity contribution in [1.82, 2.24) is 13.6 Å². The van der Waals surface area contributed by atoms with Gasteiger partial charge in [-0.3, -0.25) is 4.79 Å². The number of carbonyl (C=O) groups excluding carboxylic acids is 1. The molecule has 31 heavy (non-hydrogen) atoms. The van der Waals surface area contributed by atoms with Crippen LogP contribution in [0.3, 0.4) is 0 Å². The normalized spacial score (nSPS) is 9.55. The molecule has 0 saturated heterocycles. The maximum absolute atomic E-state index is 12.2. The van der Waals surface area contributed by atoms with Crippen LogP contribution >= 0.6 is 27.7 Å². The van der Waals surface area contributed by atoms with Crippen LogP contribution < -0.4 is 10.2 Å². The Kier molecular flexibility index (Phi) is 10.6. The third-order valence-electron chi connectivity index (χ3n) is 3.85. The smallest absolute Gasteiger partial charge is 0.257 e. The van der Waals surface area contributed by atoms with E-state index in [0.717, 1.165) is 22.0 Å². The fourth-order valence-corrected chi connectivity index (χ4v) is 3.37. The Morgan fingerprint density at radius 3 is 2.52 bits per heavy atom. The first-order chi connectivity index (χ1) is 14.9. The van der Waals surface area contributed by atoms with Crippen LogP contribution in [0.2, 0.25) is 0 Å². The van der Waals surface area contributed by atoms with E-state index in [1.54, 1.807) is 50.5 Å². The van der Waals surface area contributed by atoms with Gasteiger partial charge >= 0.3 is 0 Å². The van der Waals surface area contributed by atoms with Crippen molar-refractivity contribution in [3.8, 4) is 18.6 Å². The van der Waals surface area contributed by atoms with Crippen molar-refractivity contribution >= 4 is 50.9 Å². The molecule has 0 radical (unpaired) electrons. The number of aromatic nitrogens is 2. The molecule has 1 aromatic carbocycles. The summed E-state index contributed by atoms with van der Waals surface area (Å²) in [5.41, 5.74) is 0.682. The zero-order chi connectivity index (χ0) is 23.6. The number of rotatable bonds is 6. The topological polar surface area (TPSA) is 94.7 Å². The average Bonchev–Trinajstić information content (AvgIpc) is 3.43. The molecule has 2 N–H and O–H groups in total. The van der Waals surface area contributed by atoms with Crippen LogP contribution in [0.4, 0.5) is 17.3 Å². The Morgan fingerprint density at radius 1 is 1.26 bits per heavy atom. The van der Waals surface area contributed by atoms with Crippen molar-refractivity contribution < 1.29 is 14.3 Å². The van der Waals surface area contributed by atoms with Crippen LogP contribution in [0, 0.1) is 12.8 Å². The van der Waals surface area contributed by atoms with E-state index >= 15 is 0 Å². The summed E-state index contributed by atoms with van der Waals surface area (Å²) < 4.78 is 14.8. The molecule has 2 aromatic heterocycles. The Labute approximate surface area is 195 Å². The minimum absolute atomic E-state index is 0.104. The highest BCUT2D eigenvalue weighted by Gasteiger charge is 2.21. The van der Waals surface area contributed by atoms with E-state index in [1.807, 2.05) is 19.9 Å². The maximum atomic E-state index is 12.2. The zero-order valence-corrected chi connectivity index (χ0v) is 20.5. The lowest BCUT2D eigenvalue weighted by molar-refractivity contribution is 0.0824. The van der Waals surface area contributed by atoms with Crippen molar-refractivity contribution in [2.75, 3.05) is 31.4 Å². The van der Waals surface area contributed by atoms with Crippen LogP contribution in [0.5, 0.6) is 5.75 Å². The molecule has 8 nitrogen and oxygen atoms in total. The highest BCUT2D eigenvalue weighted by atomic mass is 79.9. The first-order valence-electron chi connectivity index (χ1n) is 9.28. The van der Waals surface area contributed by atoms with Gasteiger partial charge < -0.3 is 24.6 Å². The molecule has 0 spiro atoms. The number of anilines is 3. The highest BCUT2D eigenvalue weighted by Crippen LogP contribution is 2.37. The van der Waals surface area contributed by atoms with Gasteiger partial charge in [-0.2, -0.15) is 8.75 Å². The molecule has 0 saturated carbocycles. The quantitative estimate of drug-likeness (QED) is 0.455. The number of aromatic hydroxyl groups is 1. The Morgan fingerprint density at radius 2 is 1.94 bits per heavy atom. The number of carbonyl (C=O) groups is 1. The molecule has 166 valence electrons. The number of benzene rings is 1. The minimum atomic E-state index is -0.277. The summed E-state index contributed by atoms with van der Waals surface area (Å²) in [6.45, 7) is 4.43. The van der Waals surface area contributed by atoms with Gasteiger partial charge in [-0.15, -0.1) is 12.8 Å². The molecule has 0 bridgehead atoms. The summed E-state index contributed by atoms with van der Waals surface area (Å²) in [5, 5.41) is 13.8. The second kappa shape index (κ2) is 12.6. The number of amides is 1. The number of nitrogens with zero attached hydrogens (tertiary/aromatic N) is 4. The van der Waals surface area contributed by atoms with Gasteiger partial charge in [0.1, 0.15) is 12.0 Å². The number of furan rings is 1. The van der Waals surface area contributed by atoms with Gasteiger partial charge in [0.25, 0.3) is 5.91 Å².